The lowest BCUT2D eigenvalue weighted by Gasteiger charge is -2.17. The third kappa shape index (κ3) is 2.63. The topological polar surface area (TPSA) is 52.3 Å². The summed E-state index contributed by atoms with van der Waals surface area (Å²) < 4.78 is 5.18. The van der Waals surface area contributed by atoms with E-state index in [4.69, 9.17) is 10.5 Å². The average molecular weight is 315 g/mol. The van der Waals surface area contributed by atoms with Crippen LogP contribution in [0.1, 0.15) is 46.1 Å². The molecule has 2 N–H and O–H groups in total. The molecule has 1 aromatic heterocycles. The summed E-state index contributed by atoms with van der Waals surface area (Å²) in [4.78, 5) is 13.3. The second-order valence-corrected chi connectivity index (χ2v) is 6.94. The van der Waals surface area contributed by atoms with Crippen molar-refractivity contribution in [2.75, 3.05) is 12.3 Å². The molecule has 116 valence electrons. The van der Waals surface area contributed by atoms with Gasteiger partial charge in [-0.05, 0) is 56.2 Å². The van der Waals surface area contributed by atoms with Crippen LogP contribution in [0.5, 0.6) is 0 Å². The molecule has 0 amide bonds. The lowest BCUT2D eigenvalue weighted by atomic mass is 9.88. The van der Waals surface area contributed by atoms with Crippen LogP contribution in [0.15, 0.2) is 18.2 Å². The van der Waals surface area contributed by atoms with Crippen LogP contribution in [0.3, 0.4) is 0 Å². The highest BCUT2D eigenvalue weighted by atomic mass is 32.1. The van der Waals surface area contributed by atoms with Crippen LogP contribution < -0.4 is 5.73 Å². The number of thiophene rings is 1. The van der Waals surface area contributed by atoms with Crippen LogP contribution in [0, 0.1) is 6.92 Å². The molecule has 3 rings (SSSR count). The van der Waals surface area contributed by atoms with E-state index in [1.807, 2.05) is 13.8 Å². The highest BCUT2D eigenvalue weighted by Gasteiger charge is 2.23. The minimum atomic E-state index is -0.322. The van der Waals surface area contributed by atoms with Crippen molar-refractivity contribution in [3.63, 3.8) is 0 Å². The molecule has 0 spiro atoms. The van der Waals surface area contributed by atoms with E-state index in [9.17, 15) is 4.79 Å². The van der Waals surface area contributed by atoms with E-state index in [2.05, 4.69) is 18.2 Å². The van der Waals surface area contributed by atoms with Gasteiger partial charge in [-0.3, -0.25) is 0 Å². The van der Waals surface area contributed by atoms with Gasteiger partial charge in [0.2, 0.25) is 0 Å². The van der Waals surface area contributed by atoms with Gasteiger partial charge in [-0.2, -0.15) is 0 Å². The molecule has 0 unspecified atom stereocenters. The number of carbonyl (C=O) groups excluding carboxylic acids is 1. The monoisotopic (exact) mass is 315 g/mol. The summed E-state index contributed by atoms with van der Waals surface area (Å²) in [6.07, 6.45) is 4.79. The number of hydrogen-bond acceptors (Lipinski definition) is 4. The fraction of sp³-hybridized carbons (Fsp3) is 0.389. The Labute approximate surface area is 135 Å². The molecule has 2 aromatic rings. The van der Waals surface area contributed by atoms with Crippen molar-refractivity contribution in [3.8, 4) is 11.1 Å². The minimum Gasteiger partial charge on any atom is -0.462 e. The number of benzene rings is 1. The second kappa shape index (κ2) is 6.13. The molecule has 1 aliphatic rings. The number of aryl methyl sites for hydroxylation is 3. The van der Waals surface area contributed by atoms with E-state index in [-0.39, 0.29) is 5.97 Å². The average Bonchev–Trinajstić information content (AvgIpc) is 2.81. The summed E-state index contributed by atoms with van der Waals surface area (Å²) in [5.41, 5.74) is 11.5. The number of hydrogen-bond donors (Lipinski definition) is 1. The number of nitrogen functional groups attached to an aromatic ring is 1. The molecule has 0 saturated heterocycles. The number of rotatable bonds is 3. The normalized spacial score (nSPS) is 13.7. The molecule has 22 heavy (non-hydrogen) atoms. The number of ether oxygens (including phenoxy) is 1. The first-order valence-corrected chi connectivity index (χ1v) is 8.61. The van der Waals surface area contributed by atoms with Crippen molar-refractivity contribution in [1.29, 1.82) is 0 Å². The van der Waals surface area contributed by atoms with Crippen LogP contribution in [-0.4, -0.2) is 12.6 Å². The lowest BCUT2D eigenvalue weighted by Crippen LogP contribution is -2.08. The molecule has 1 heterocycles. The van der Waals surface area contributed by atoms with Crippen LogP contribution in [0.4, 0.5) is 5.00 Å². The Bertz CT molecular complexity index is 718. The van der Waals surface area contributed by atoms with Gasteiger partial charge in [-0.25, -0.2) is 4.79 Å². The smallest absolute Gasteiger partial charge is 0.341 e. The number of nitrogens with two attached hydrogens (primary N) is 1. The Morgan fingerprint density at radius 1 is 1.27 bits per heavy atom. The first-order valence-electron chi connectivity index (χ1n) is 7.80. The van der Waals surface area contributed by atoms with Gasteiger partial charge >= 0.3 is 5.97 Å². The van der Waals surface area contributed by atoms with Crippen LogP contribution in [0.25, 0.3) is 11.1 Å². The number of carbonyl (C=O) groups is 1. The van der Waals surface area contributed by atoms with Crippen molar-refractivity contribution >= 4 is 22.3 Å². The third-order valence-electron chi connectivity index (χ3n) is 4.23. The fourth-order valence-electron chi connectivity index (χ4n) is 3.21. The molecule has 1 aliphatic carbocycles. The van der Waals surface area contributed by atoms with E-state index in [1.165, 1.54) is 35.3 Å². The molecule has 3 nitrogen and oxygen atoms in total. The molecule has 0 atom stereocenters. The largest absolute Gasteiger partial charge is 0.462 e. The zero-order chi connectivity index (χ0) is 15.7. The van der Waals surface area contributed by atoms with Crippen molar-refractivity contribution in [2.45, 2.75) is 39.5 Å². The Balaban J connectivity index is 2.10. The van der Waals surface area contributed by atoms with Gasteiger partial charge in [0.1, 0.15) is 10.6 Å². The highest BCUT2D eigenvalue weighted by Crippen LogP contribution is 2.39. The van der Waals surface area contributed by atoms with Gasteiger partial charge in [0.25, 0.3) is 0 Å². The van der Waals surface area contributed by atoms with Gasteiger partial charge in [-0.15, -0.1) is 11.3 Å². The van der Waals surface area contributed by atoms with Crippen LogP contribution in [-0.2, 0) is 17.6 Å². The van der Waals surface area contributed by atoms with Crippen LogP contribution >= 0.6 is 11.3 Å². The van der Waals surface area contributed by atoms with Crippen molar-refractivity contribution in [1.82, 2.24) is 0 Å². The summed E-state index contributed by atoms with van der Waals surface area (Å²) in [7, 11) is 0. The Morgan fingerprint density at radius 3 is 2.73 bits per heavy atom. The SMILES string of the molecule is CCOC(=O)c1c(N)sc(C)c1-c1ccc2c(c1)CCCC2. The zero-order valence-electron chi connectivity index (χ0n) is 13.1. The lowest BCUT2D eigenvalue weighted by molar-refractivity contribution is 0.0529. The standard InChI is InChI=1S/C18H21NO2S/c1-3-21-18(20)16-15(11(2)22-17(16)19)14-9-8-12-6-4-5-7-13(12)10-14/h8-10H,3-7,19H2,1-2H3. The number of esters is 1. The number of anilines is 1. The van der Waals surface area contributed by atoms with Gasteiger partial charge in [0, 0.05) is 10.4 Å². The highest BCUT2D eigenvalue weighted by molar-refractivity contribution is 7.16. The summed E-state index contributed by atoms with van der Waals surface area (Å²) in [5.74, 6) is -0.322. The summed E-state index contributed by atoms with van der Waals surface area (Å²) >= 11 is 1.46. The maximum atomic E-state index is 12.3. The molecule has 4 heteroatoms. The quantitative estimate of drug-likeness (QED) is 0.856. The maximum Gasteiger partial charge on any atom is 0.341 e. The van der Waals surface area contributed by atoms with E-state index in [0.717, 1.165) is 28.8 Å². The number of fused-ring (bicyclic) bond motifs is 1. The summed E-state index contributed by atoms with van der Waals surface area (Å²) in [5, 5.41) is 0.545. The van der Waals surface area contributed by atoms with Crippen molar-refractivity contribution in [3.05, 3.63) is 39.8 Å². The zero-order valence-corrected chi connectivity index (χ0v) is 13.9. The Kier molecular flexibility index (Phi) is 4.21. The van der Waals surface area contributed by atoms with Gasteiger partial charge in [-0.1, -0.05) is 18.2 Å². The first-order chi connectivity index (χ1) is 10.6. The fourth-order valence-corrected chi connectivity index (χ4v) is 4.15. The molecule has 0 saturated carbocycles. The minimum absolute atomic E-state index is 0.322. The first kappa shape index (κ1) is 15.1. The maximum absolute atomic E-state index is 12.3. The van der Waals surface area contributed by atoms with Gasteiger partial charge in [0.15, 0.2) is 0 Å². The van der Waals surface area contributed by atoms with E-state index >= 15 is 0 Å². The van der Waals surface area contributed by atoms with E-state index < -0.39 is 0 Å². The molecular weight excluding hydrogens is 294 g/mol. The molecule has 0 bridgehead atoms. The van der Waals surface area contributed by atoms with Crippen LogP contribution in [0.2, 0.25) is 0 Å². The van der Waals surface area contributed by atoms with E-state index in [1.54, 1.807) is 0 Å². The Morgan fingerprint density at radius 2 is 2.00 bits per heavy atom. The van der Waals surface area contributed by atoms with Crippen molar-refractivity contribution in [2.24, 2.45) is 0 Å². The second-order valence-electron chi connectivity index (χ2n) is 5.68. The molecule has 0 radical (unpaired) electrons. The third-order valence-corrected chi connectivity index (χ3v) is 5.16. The predicted molar refractivity (Wildman–Crippen MR) is 91.5 cm³/mol. The molecular formula is C18H21NO2S. The van der Waals surface area contributed by atoms with E-state index in [0.29, 0.717) is 17.2 Å². The molecule has 0 aliphatic heterocycles. The molecule has 1 aromatic carbocycles. The van der Waals surface area contributed by atoms with Gasteiger partial charge in [0.05, 0.1) is 6.61 Å². The summed E-state index contributed by atoms with van der Waals surface area (Å²) in [6.45, 7) is 4.18. The van der Waals surface area contributed by atoms with Gasteiger partial charge < -0.3 is 10.5 Å². The van der Waals surface area contributed by atoms with Crippen molar-refractivity contribution < 1.29 is 9.53 Å². The molecule has 0 fully saturated rings. The Hall–Kier alpha value is -1.81. The summed E-state index contributed by atoms with van der Waals surface area (Å²) in [6, 6.07) is 6.54. The predicted octanol–water partition coefficient (Wildman–Crippen LogP) is 4.36.